The lowest BCUT2D eigenvalue weighted by molar-refractivity contribution is 0.210. The summed E-state index contributed by atoms with van der Waals surface area (Å²) in [6.07, 6.45) is 1.58. The molecule has 8 heteroatoms. The van der Waals surface area contributed by atoms with Crippen LogP contribution in [0.4, 0.5) is 0 Å². The highest BCUT2D eigenvalue weighted by Gasteiger charge is 2.13. The van der Waals surface area contributed by atoms with Crippen LogP contribution < -0.4 is 25.4 Å². The van der Waals surface area contributed by atoms with E-state index in [2.05, 4.69) is 59.4 Å². The zero-order chi connectivity index (χ0) is 21.4. The van der Waals surface area contributed by atoms with E-state index in [1.807, 2.05) is 18.2 Å². The highest BCUT2D eigenvalue weighted by Crippen LogP contribution is 2.36. The standard InChI is InChI=1S/C21H26BrN3O3S/c1-21(2,3)15-5-7-16(8-6-15)27-9-10-28-19-17(22)11-14(12-18(19)26-4)13-24-25-20(23)29/h5-8,11-13H,9-10H2,1-4H3,(H3,23,25,29)/b24-13+. The van der Waals surface area contributed by atoms with Crippen LogP contribution in [0.5, 0.6) is 17.2 Å². The maximum Gasteiger partial charge on any atom is 0.184 e. The molecule has 2 aromatic rings. The van der Waals surface area contributed by atoms with Crippen molar-refractivity contribution in [3.63, 3.8) is 0 Å². The Morgan fingerprint density at radius 2 is 1.83 bits per heavy atom. The largest absolute Gasteiger partial charge is 0.493 e. The van der Waals surface area contributed by atoms with Crippen LogP contribution in [0.3, 0.4) is 0 Å². The van der Waals surface area contributed by atoms with Gasteiger partial charge in [-0.1, -0.05) is 32.9 Å². The van der Waals surface area contributed by atoms with E-state index in [-0.39, 0.29) is 10.5 Å². The molecular formula is C21H26BrN3O3S. The fourth-order valence-electron chi connectivity index (χ4n) is 2.48. The first-order valence-electron chi connectivity index (χ1n) is 9.03. The third-order valence-electron chi connectivity index (χ3n) is 3.96. The van der Waals surface area contributed by atoms with E-state index in [9.17, 15) is 0 Å². The molecule has 3 N–H and O–H groups in total. The summed E-state index contributed by atoms with van der Waals surface area (Å²) in [5.74, 6) is 1.98. The van der Waals surface area contributed by atoms with Crippen LogP contribution in [0.2, 0.25) is 0 Å². The summed E-state index contributed by atoms with van der Waals surface area (Å²) in [4.78, 5) is 0. The lowest BCUT2D eigenvalue weighted by Gasteiger charge is -2.19. The topological polar surface area (TPSA) is 78.1 Å². The van der Waals surface area contributed by atoms with Crippen molar-refractivity contribution in [2.24, 2.45) is 10.8 Å². The summed E-state index contributed by atoms with van der Waals surface area (Å²) in [6, 6.07) is 11.8. The molecule has 0 atom stereocenters. The van der Waals surface area contributed by atoms with Crippen molar-refractivity contribution in [2.75, 3.05) is 20.3 Å². The third-order valence-corrected chi connectivity index (χ3v) is 4.64. The van der Waals surface area contributed by atoms with E-state index in [0.29, 0.717) is 24.7 Å². The molecule has 0 fully saturated rings. The van der Waals surface area contributed by atoms with Crippen molar-refractivity contribution in [1.29, 1.82) is 0 Å². The summed E-state index contributed by atoms with van der Waals surface area (Å²) in [7, 11) is 1.58. The quantitative estimate of drug-likeness (QED) is 0.253. The predicted molar refractivity (Wildman–Crippen MR) is 124 cm³/mol. The molecule has 0 saturated carbocycles. The predicted octanol–water partition coefficient (Wildman–Crippen LogP) is 4.38. The number of nitrogens with two attached hydrogens (primary N) is 1. The van der Waals surface area contributed by atoms with Gasteiger partial charge in [0, 0.05) is 0 Å². The minimum atomic E-state index is 0.0975. The number of nitrogens with zero attached hydrogens (tertiary/aromatic N) is 1. The number of hydrogen-bond acceptors (Lipinski definition) is 5. The highest BCUT2D eigenvalue weighted by molar-refractivity contribution is 9.10. The van der Waals surface area contributed by atoms with Gasteiger partial charge in [0.2, 0.25) is 0 Å². The second kappa shape index (κ2) is 10.5. The molecule has 0 unspecified atom stereocenters. The van der Waals surface area contributed by atoms with Crippen molar-refractivity contribution >= 4 is 39.5 Å². The van der Waals surface area contributed by atoms with Gasteiger partial charge in [-0.25, -0.2) is 0 Å². The van der Waals surface area contributed by atoms with Crippen molar-refractivity contribution in [3.8, 4) is 17.2 Å². The van der Waals surface area contributed by atoms with Gasteiger partial charge in [0.05, 0.1) is 17.8 Å². The van der Waals surface area contributed by atoms with Crippen LogP contribution >= 0.6 is 28.1 Å². The van der Waals surface area contributed by atoms with E-state index >= 15 is 0 Å². The lowest BCUT2D eigenvalue weighted by Crippen LogP contribution is -2.23. The van der Waals surface area contributed by atoms with Crippen LogP contribution in [0.15, 0.2) is 46.0 Å². The van der Waals surface area contributed by atoms with Gasteiger partial charge < -0.3 is 19.9 Å². The number of halogens is 1. The second-order valence-electron chi connectivity index (χ2n) is 7.24. The first-order valence-corrected chi connectivity index (χ1v) is 10.2. The normalized spacial score (nSPS) is 11.3. The van der Waals surface area contributed by atoms with Crippen molar-refractivity contribution in [2.45, 2.75) is 26.2 Å². The summed E-state index contributed by atoms with van der Waals surface area (Å²) < 4.78 is 17.8. The monoisotopic (exact) mass is 479 g/mol. The Balaban J connectivity index is 1.94. The second-order valence-corrected chi connectivity index (χ2v) is 8.53. The summed E-state index contributed by atoms with van der Waals surface area (Å²) in [5, 5.41) is 4.04. The number of ether oxygens (including phenoxy) is 3. The molecule has 0 aliphatic rings. The average molecular weight is 480 g/mol. The first-order chi connectivity index (χ1) is 13.7. The van der Waals surface area contributed by atoms with Gasteiger partial charge in [0.25, 0.3) is 0 Å². The van der Waals surface area contributed by atoms with Crippen molar-refractivity contribution in [3.05, 3.63) is 52.0 Å². The summed E-state index contributed by atoms with van der Waals surface area (Å²) >= 11 is 8.22. The molecule has 0 aliphatic heterocycles. The highest BCUT2D eigenvalue weighted by atomic mass is 79.9. The molecule has 0 aliphatic carbocycles. The molecule has 0 bridgehead atoms. The van der Waals surface area contributed by atoms with E-state index in [4.69, 9.17) is 32.2 Å². The van der Waals surface area contributed by atoms with Crippen LogP contribution in [-0.4, -0.2) is 31.7 Å². The Morgan fingerprint density at radius 3 is 2.41 bits per heavy atom. The van der Waals surface area contributed by atoms with Gasteiger partial charge in [-0.3, -0.25) is 5.43 Å². The van der Waals surface area contributed by atoms with Gasteiger partial charge in [-0.05, 0) is 69.0 Å². The first kappa shape index (κ1) is 23.0. The number of hydrogen-bond donors (Lipinski definition) is 2. The van der Waals surface area contributed by atoms with Gasteiger partial charge in [-0.2, -0.15) is 5.10 Å². The SMILES string of the molecule is COc1cc(/C=N/NC(N)=S)cc(Br)c1OCCOc1ccc(C(C)(C)C)cc1. The Kier molecular flexibility index (Phi) is 8.28. The van der Waals surface area contributed by atoms with Crippen molar-refractivity contribution < 1.29 is 14.2 Å². The van der Waals surface area contributed by atoms with Crippen LogP contribution in [0.1, 0.15) is 31.9 Å². The van der Waals surface area contributed by atoms with Crippen LogP contribution in [-0.2, 0) is 5.41 Å². The Labute approximate surface area is 185 Å². The molecule has 0 heterocycles. The Hall–Kier alpha value is -2.32. The number of thiocarbonyl (C=S) groups is 1. The molecule has 2 rings (SSSR count). The molecule has 29 heavy (non-hydrogen) atoms. The number of rotatable bonds is 8. The third kappa shape index (κ3) is 7.21. The van der Waals surface area contributed by atoms with Gasteiger partial charge in [0.15, 0.2) is 16.6 Å². The molecular weight excluding hydrogens is 454 g/mol. The maximum absolute atomic E-state index is 5.86. The number of nitrogens with one attached hydrogen (secondary N) is 1. The summed E-state index contributed by atoms with van der Waals surface area (Å²) in [6.45, 7) is 7.33. The molecule has 0 radical (unpaired) electrons. The molecule has 0 aromatic heterocycles. The Bertz CT molecular complexity index is 865. The van der Waals surface area contributed by atoms with E-state index in [0.717, 1.165) is 15.8 Å². The smallest absolute Gasteiger partial charge is 0.184 e. The molecule has 0 saturated heterocycles. The van der Waals surface area contributed by atoms with Crippen LogP contribution in [0.25, 0.3) is 0 Å². The zero-order valence-corrected chi connectivity index (χ0v) is 19.4. The molecule has 156 valence electrons. The van der Waals surface area contributed by atoms with Gasteiger partial charge in [0.1, 0.15) is 19.0 Å². The fraction of sp³-hybridized carbons (Fsp3) is 0.333. The average Bonchev–Trinajstić information content (AvgIpc) is 2.65. The number of hydrazone groups is 1. The molecule has 0 amide bonds. The molecule has 2 aromatic carbocycles. The van der Waals surface area contributed by atoms with E-state index < -0.39 is 0 Å². The minimum Gasteiger partial charge on any atom is -0.493 e. The molecule has 0 spiro atoms. The fourth-order valence-corrected chi connectivity index (χ4v) is 3.11. The van der Waals surface area contributed by atoms with Gasteiger partial charge >= 0.3 is 0 Å². The maximum atomic E-state index is 5.86. The summed E-state index contributed by atoms with van der Waals surface area (Å²) in [5.41, 5.74) is 10.0. The minimum absolute atomic E-state index is 0.0975. The van der Waals surface area contributed by atoms with E-state index in [1.54, 1.807) is 19.4 Å². The number of benzene rings is 2. The van der Waals surface area contributed by atoms with Crippen molar-refractivity contribution in [1.82, 2.24) is 5.43 Å². The van der Waals surface area contributed by atoms with E-state index in [1.165, 1.54) is 5.56 Å². The zero-order valence-electron chi connectivity index (χ0n) is 17.0. The molecule has 6 nitrogen and oxygen atoms in total. The number of methoxy groups -OCH3 is 1. The van der Waals surface area contributed by atoms with Gasteiger partial charge in [-0.15, -0.1) is 0 Å². The Morgan fingerprint density at radius 1 is 1.17 bits per heavy atom. The lowest BCUT2D eigenvalue weighted by atomic mass is 9.87. The van der Waals surface area contributed by atoms with Crippen LogP contribution in [0, 0.1) is 0 Å².